The Labute approximate surface area is 128 Å². The number of aromatic nitrogens is 1. The molecular formula is C16H19N3O3. The Kier molecular flexibility index (Phi) is 4.00. The number of carbonyl (C=O) groups excluding carboxylic acids is 1. The number of nitrogens with zero attached hydrogens (tertiary/aromatic N) is 1. The van der Waals surface area contributed by atoms with Crippen LogP contribution in [0.5, 0.6) is 0 Å². The number of benzene rings is 1. The highest BCUT2D eigenvalue weighted by molar-refractivity contribution is 5.80. The monoisotopic (exact) mass is 301 g/mol. The van der Waals surface area contributed by atoms with E-state index in [2.05, 4.69) is 10.3 Å². The number of carboxylic acid groups (broad SMARTS) is 1. The second-order valence-corrected chi connectivity index (χ2v) is 5.64. The quantitative estimate of drug-likeness (QED) is 0.812. The van der Waals surface area contributed by atoms with Gasteiger partial charge in [0.05, 0.1) is 12.5 Å². The number of aromatic amines is 1. The first kappa shape index (κ1) is 14.4. The molecule has 2 aromatic rings. The van der Waals surface area contributed by atoms with Gasteiger partial charge in [-0.3, -0.25) is 4.79 Å². The van der Waals surface area contributed by atoms with E-state index >= 15 is 0 Å². The fourth-order valence-corrected chi connectivity index (χ4v) is 2.84. The number of likely N-dealkylation sites (tertiary alicyclic amines) is 1. The molecule has 6 nitrogen and oxygen atoms in total. The first-order valence-electron chi connectivity index (χ1n) is 7.45. The Morgan fingerprint density at radius 3 is 2.68 bits per heavy atom. The molecule has 22 heavy (non-hydrogen) atoms. The van der Waals surface area contributed by atoms with E-state index in [1.165, 1.54) is 0 Å². The predicted molar refractivity (Wildman–Crippen MR) is 82.5 cm³/mol. The lowest BCUT2D eigenvalue weighted by Gasteiger charge is -2.30. The zero-order valence-corrected chi connectivity index (χ0v) is 12.2. The molecule has 3 rings (SSSR count). The molecule has 1 saturated heterocycles. The van der Waals surface area contributed by atoms with E-state index in [0.717, 1.165) is 16.6 Å². The first-order valence-corrected chi connectivity index (χ1v) is 7.45. The van der Waals surface area contributed by atoms with Crippen molar-refractivity contribution in [1.29, 1.82) is 0 Å². The van der Waals surface area contributed by atoms with Crippen molar-refractivity contribution in [1.82, 2.24) is 15.2 Å². The minimum atomic E-state index is -0.766. The van der Waals surface area contributed by atoms with Crippen LogP contribution in [-0.2, 0) is 11.3 Å². The highest BCUT2D eigenvalue weighted by Crippen LogP contribution is 2.18. The molecule has 0 unspecified atom stereocenters. The second kappa shape index (κ2) is 6.09. The van der Waals surface area contributed by atoms with Crippen LogP contribution in [0, 0.1) is 5.92 Å². The molecule has 6 heteroatoms. The SMILES string of the molecule is O=C(O)C1CCN(C(=O)NCc2cc3ccccc3[nH]2)CC1. The maximum absolute atomic E-state index is 12.1. The zero-order valence-electron chi connectivity index (χ0n) is 12.2. The Balaban J connectivity index is 1.53. The van der Waals surface area contributed by atoms with Crippen molar-refractivity contribution < 1.29 is 14.7 Å². The van der Waals surface area contributed by atoms with Gasteiger partial charge in [0.2, 0.25) is 0 Å². The van der Waals surface area contributed by atoms with Crippen LogP contribution in [0.4, 0.5) is 4.79 Å². The smallest absolute Gasteiger partial charge is 0.317 e. The predicted octanol–water partition coefficient (Wildman–Crippen LogP) is 2.17. The minimum absolute atomic E-state index is 0.137. The number of hydrogen-bond donors (Lipinski definition) is 3. The van der Waals surface area contributed by atoms with Gasteiger partial charge < -0.3 is 20.3 Å². The maximum atomic E-state index is 12.1. The molecule has 0 aliphatic carbocycles. The summed E-state index contributed by atoms with van der Waals surface area (Å²) in [5, 5.41) is 13.0. The number of para-hydroxylation sites is 1. The zero-order chi connectivity index (χ0) is 15.5. The third-order valence-corrected chi connectivity index (χ3v) is 4.15. The van der Waals surface area contributed by atoms with Crippen LogP contribution in [0.2, 0.25) is 0 Å². The third kappa shape index (κ3) is 3.05. The Hall–Kier alpha value is -2.50. The van der Waals surface area contributed by atoms with Crippen molar-refractivity contribution in [2.45, 2.75) is 19.4 Å². The third-order valence-electron chi connectivity index (χ3n) is 4.15. The van der Waals surface area contributed by atoms with Gasteiger partial charge in [0.25, 0.3) is 0 Å². The highest BCUT2D eigenvalue weighted by atomic mass is 16.4. The molecular weight excluding hydrogens is 282 g/mol. The molecule has 1 fully saturated rings. The topological polar surface area (TPSA) is 85.4 Å². The van der Waals surface area contributed by atoms with Crippen LogP contribution in [0.15, 0.2) is 30.3 Å². The number of nitrogens with one attached hydrogen (secondary N) is 2. The molecule has 1 aromatic carbocycles. The number of carbonyl (C=O) groups is 2. The summed E-state index contributed by atoms with van der Waals surface area (Å²) in [5.41, 5.74) is 2.00. The van der Waals surface area contributed by atoms with E-state index in [0.29, 0.717) is 32.5 Å². The van der Waals surface area contributed by atoms with Crippen molar-refractivity contribution in [2.75, 3.05) is 13.1 Å². The maximum Gasteiger partial charge on any atom is 0.317 e. The summed E-state index contributed by atoms with van der Waals surface area (Å²) in [6.45, 7) is 1.43. The van der Waals surface area contributed by atoms with Crippen LogP contribution in [0.25, 0.3) is 10.9 Å². The molecule has 0 spiro atoms. The number of carboxylic acids is 1. The highest BCUT2D eigenvalue weighted by Gasteiger charge is 2.26. The Bertz CT molecular complexity index is 654. The van der Waals surface area contributed by atoms with Crippen molar-refractivity contribution in [3.05, 3.63) is 36.0 Å². The van der Waals surface area contributed by atoms with Crippen molar-refractivity contribution in [3.63, 3.8) is 0 Å². The standard InChI is InChI=1S/C16H19N3O3/c20-15(21)11-5-7-19(8-6-11)16(22)17-10-13-9-12-3-1-2-4-14(12)18-13/h1-4,9,11,18H,5-8,10H2,(H,17,22)(H,20,21). The molecule has 0 bridgehead atoms. The van der Waals surface area contributed by atoms with Crippen LogP contribution >= 0.6 is 0 Å². The minimum Gasteiger partial charge on any atom is -0.481 e. The van der Waals surface area contributed by atoms with E-state index in [4.69, 9.17) is 5.11 Å². The average molecular weight is 301 g/mol. The van der Waals surface area contributed by atoms with Crippen molar-refractivity contribution in [3.8, 4) is 0 Å². The second-order valence-electron chi connectivity index (χ2n) is 5.64. The Morgan fingerprint density at radius 1 is 1.27 bits per heavy atom. The van der Waals surface area contributed by atoms with Gasteiger partial charge in [-0.05, 0) is 30.4 Å². The number of aliphatic carboxylic acids is 1. The molecule has 0 radical (unpaired) electrons. The van der Waals surface area contributed by atoms with Crippen molar-refractivity contribution >= 4 is 22.9 Å². The molecule has 1 aliphatic rings. The van der Waals surface area contributed by atoms with Crippen LogP contribution < -0.4 is 5.32 Å². The summed E-state index contributed by atoms with van der Waals surface area (Å²) < 4.78 is 0. The van der Waals surface area contributed by atoms with E-state index < -0.39 is 5.97 Å². The van der Waals surface area contributed by atoms with Crippen LogP contribution in [-0.4, -0.2) is 40.1 Å². The number of fused-ring (bicyclic) bond motifs is 1. The van der Waals surface area contributed by atoms with Gasteiger partial charge in [-0.1, -0.05) is 18.2 Å². The number of piperidine rings is 1. The Morgan fingerprint density at radius 2 is 2.00 bits per heavy atom. The molecule has 116 valence electrons. The first-order chi connectivity index (χ1) is 10.6. The average Bonchev–Trinajstić information content (AvgIpc) is 2.95. The fourth-order valence-electron chi connectivity index (χ4n) is 2.84. The summed E-state index contributed by atoms with van der Waals surface area (Å²) in [6.07, 6.45) is 1.05. The van der Waals surface area contributed by atoms with Gasteiger partial charge in [-0.15, -0.1) is 0 Å². The lowest BCUT2D eigenvalue weighted by Crippen LogP contribution is -2.45. The van der Waals surface area contributed by atoms with Gasteiger partial charge >= 0.3 is 12.0 Å². The number of rotatable bonds is 3. The number of H-pyrrole nitrogens is 1. The summed E-state index contributed by atoms with van der Waals surface area (Å²) in [5.74, 6) is -1.09. The van der Waals surface area contributed by atoms with E-state index in [9.17, 15) is 9.59 Å². The summed E-state index contributed by atoms with van der Waals surface area (Å²) in [6, 6.07) is 9.85. The van der Waals surface area contributed by atoms with E-state index in [1.54, 1.807) is 4.90 Å². The largest absolute Gasteiger partial charge is 0.481 e. The molecule has 0 atom stereocenters. The van der Waals surface area contributed by atoms with E-state index in [-0.39, 0.29) is 11.9 Å². The molecule has 3 N–H and O–H groups in total. The van der Waals surface area contributed by atoms with Gasteiger partial charge in [0.15, 0.2) is 0 Å². The van der Waals surface area contributed by atoms with Gasteiger partial charge in [-0.2, -0.15) is 0 Å². The van der Waals surface area contributed by atoms with Gasteiger partial charge in [-0.25, -0.2) is 4.79 Å². The molecule has 0 saturated carbocycles. The normalized spacial score (nSPS) is 15.9. The molecule has 1 aliphatic heterocycles. The molecule has 2 amide bonds. The number of urea groups is 1. The summed E-state index contributed by atoms with van der Waals surface area (Å²) in [4.78, 5) is 28.0. The van der Waals surface area contributed by atoms with E-state index in [1.807, 2.05) is 30.3 Å². The summed E-state index contributed by atoms with van der Waals surface area (Å²) >= 11 is 0. The van der Waals surface area contributed by atoms with Crippen LogP contribution in [0.3, 0.4) is 0 Å². The lowest BCUT2D eigenvalue weighted by atomic mass is 9.97. The summed E-state index contributed by atoms with van der Waals surface area (Å²) in [7, 11) is 0. The number of amides is 2. The van der Waals surface area contributed by atoms with Gasteiger partial charge in [0, 0.05) is 24.3 Å². The number of hydrogen-bond acceptors (Lipinski definition) is 2. The van der Waals surface area contributed by atoms with Crippen molar-refractivity contribution in [2.24, 2.45) is 5.92 Å². The molecule has 1 aromatic heterocycles. The fraction of sp³-hybridized carbons (Fsp3) is 0.375. The van der Waals surface area contributed by atoms with Gasteiger partial charge in [0.1, 0.15) is 0 Å². The molecule has 2 heterocycles. The lowest BCUT2D eigenvalue weighted by molar-refractivity contribution is -0.143. The van der Waals surface area contributed by atoms with Crippen LogP contribution in [0.1, 0.15) is 18.5 Å².